The molecular formula is C36H40N4O8. The molecule has 0 aliphatic carbocycles. The number of nitrogens with zero attached hydrogens (tertiary/aromatic N) is 1. The van der Waals surface area contributed by atoms with Gasteiger partial charge in [0, 0.05) is 32.2 Å². The van der Waals surface area contributed by atoms with Crippen LogP contribution in [0.2, 0.25) is 0 Å². The second kappa shape index (κ2) is 17.4. The SMILES string of the molecule is O=C(O)CCC(=O)N[C@@H](Cc1ccccc1)C(=O)N[C@@H](Cc1ccccc1)C(=O)N1CCC[C@H]1C(=O)N[C@@H](Cc1ccccc1)C(=O)O. The zero-order valence-corrected chi connectivity index (χ0v) is 26.4. The van der Waals surface area contributed by atoms with Gasteiger partial charge >= 0.3 is 11.9 Å². The van der Waals surface area contributed by atoms with Crippen molar-refractivity contribution in [2.45, 2.75) is 69.1 Å². The topological polar surface area (TPSA) is 182 Å². The molecule has 1 heterocycles. The number of benzene rings is 3. The maximum atomic E-state index is 14.2. The van der Waals surface area contributed by atoms with Crippen LogP contribution in [0.25, 0.3) is 0 Å². The van der Waals surface area contributed by atoms with Crippen LogP contribution in [0.15, 0.2) is 91.0 Å². The number of nitrogens with one attached hydrogen (secondary N) is 3. The molecule has 1 saturated heterocycles. The molecule has 0 bridgehead atoms. The van der Waals surface area contributed by atoms with Crippen LogP contribution in [-0.2, 0) is 48.0 Å². The molecule has 1 aliphatic rings. The molecule has 4 rings (SSSR count). The number of amides is 4. The summed E-state index contributed by atoms with van der Waals surface area (Å²) in [5, 5.41) is 26.9. The monoisotopic (exact) mass is 656 g/mol. The van der Waals surface area contributed by atoms with Crippen molar-refractivity contribution in [3.63, 3.8) is 0 Å². The molecule has 4 amide bonds. The number of hydrogen-bond acceptors (Lipinski definition) is 6. The maximum Gasteiger partial charge on any atom is 0.326 e. The zero-order chi connectivity index (χ0) is 34.5. The van der Waals surface area contributed by atoms with Gasteiger partial charge in [0.1, 0.15) is 24.2 Å². The smallest absolute Gasteiger partial charge is 0.326 e. The molecule has 12 nitrogen and oxygen atoms in total. The van der Waals surface area contributed by atoms with E-state index in [2.05, 4.69) is 16.0 Å². The van der Waals surface area contributed by atoms with Crippen molar-refractivity contribution in [3.8, 4) is 0 Å². The van der Waals surface area contributed by atoms with Gasteiger partial charge in [0.15, 0.2) is 0 Å². The van der Waals surface area contributed by atoms with E-state index in [4.69, 9.17) is 5.11 Å². The average molecular weight is 657 g/mol. The average Bonchev–Trinajstić information content (AvgIpc) is 3.58. The molecule has 3 aromatic carbocycles. The minimum absolute atomic E-state index is 0.0657. The van der Waals surface area contributed by atoms with Gasteiger partial charge in [-0.05, 0) is 29.5 Å². The summed E-state index contributed by atoms with van der Waals surface area (Å²) in [4.78, 5) is 78.5. The first-order chi connectivity index (χ1) is 23.1. The Hall–Kier alpha value is -5.52. The minimum atomic E-state index is -1.21. The van der Waals surface area contributed by atoms with Crippen molar-refractivity contribution in [1.82, 2.24) is 20.9 Å². The molecule has 0 aromatic heterocycles. The van der Waals surface area contributed by atoms with Crippen molar-refractivity contribution in [2.24, 2.45) is 0 Å². The first kappa shape index (κ1) is 35.3. The van der Waals surface area contributed by atoms with Crippen LogP contribution in [0.3, 0.4) is 0 Å². The van der Waals surface area contributed by atoms with Crippen LogP contribution in [0.5, 0.6) is 0 Å². The molecule has 3 aromatic rings. The number of carboxylic acids is 2. The number of aliphatic carboxylic acids is 2. The van der Waals surface area contributed by atoms with Gasteiger partial charge in [-0.25, -0.2) is 4.79 Å². The molecule has 48 heavy (non-hydrogen) atoms. The molecule has 4 atom stereocenters. The lowest BCUT2D eigenvalue weighted by Crippen LogP contribution is -2.58. The number of rotatable bonds is 16. The van der Waals surface area contributed by atoms with E-state index < -0.39 is 66.2 Å². The van der Waals surface area contributed by atoms with E-state index in [1.165, 1.54) is 4.90 Å². The Labute approximate surface area is 278 Å². The molecule has 0 radical (unpaired) electrons. The van der Waals surface area contributed by atoms with Crippen molar-refractivity contribution in [1.29, 1.82) is 0 Å². The number of carbonyl (C=O) groups excluding carboxylic acids is 4. The Kier molecular flexibility index (Phi) is 12.8. The summed E-state index contributed by atoms with van der Waals surface area (Å²) in [6, 6.07) is 22.5. The molecule has 1 aliphatic heterocycles. The first-order valence-corrected chi connectivity index (χ1v) is 15.9. The van der Waals surface area contributed by atoms with Gasteiger partial charge in [-0.3, -0.25) is 24.0 Å². The van der Waals surface area contributed by atoms with Crippen molar-refractivity contribution >= 4 is 35.6 Å². The van der Waals surface area contributed by atoms with Crippen LogP contribution in [0.4, 0.5) is 0 Å². The molecule has 12 heteroatoms. The Morgan fingerprint density at radius 1 is 0.646 bits per heavy atom. The van der Waals surface area contributed by atoms with Gasteiger partial charge in [-0.1, -0.05) is 91.0 Å². The lowest BCUT2D eigenvalue weighted by Gasteiger charge is -2.30. The highest BCUT2D eigenvalue weighted by molar-refractivity contribution is 5.95. The van der Waals surface area contributed by atoms with Gasteiger partial charge in [0.25, 0.3) is 0 Å². The standard InChI is InChI=1S/C36H40N4O8/c41-31(18-19-32(42)43)37-27(21-24-11-4-1-5-12-24)33(44)38-28(22-25-13-6-2-7-14-25)35(46)40-20-10-17-30(40)34(45)39-29(36(47)48)23-26-15-8-3-9-16-26/h1-9,11-16,27-30H,10,17-23H2,(H,37,41)(H,38,44)(H,39,45)(H,42,43)(H,47,48)/t27-,28-,29-,30-/m0/s1. The van der Waals surface area contributed by atoms with E-state index in [1.807, 2.05) is 18.2 Å². The lowest BCUT2D eigenvalue weighted by atomic mass is 10.0. The van der Waals surface area contributed by atoms with Gasteiger partial charge < -0.3 is 31.1 Å². The van der Waals surface area contributed by atoms with Crippen molar-refractivity contribution in [2.75, 3.05) is 6.54 Å². The molecule has 0 unspecified atom stereocenters. The van der Waals surface area contributed by atoms with E-state index in [-0.39, 0.29) is 32.2 Å². The number of carboxylic acid groups (broad SMARTS) is 2. The summed E-state index contributed by atoms with van der Waals surface area (Å²) < 4.78 is 0. The maximum absolute atomic E-state index is 14.2. The van der Waals surface area contributed by atoms with Crippen LogP contribution in [-0.4, -0.2) is 81.4 Å². The molecule has 252 valence electrons. The normalized spacial score (nSPS) is 15.8. The third kappa shape index (κ3) is 10.5. The summed E-state index contributed by atoms with van der Waals surface area (Å²) in [7, 11) is 0. The second-order valence-electron chi connectivity index (χ2n) is 11.7. The predicted molar refractivity (Wildman–Crippen MR) is 175 cm³/mol. The van der Waals surface area contributed by atoms with E-state index >= 15 is 0 Å². The number of carbonyl (C=O) groups is 6. The molecule has 0 saturated carbocycles. The van der Waals surface area contributed by atoms with E-state index in [0.29, 0.717) is 12.8 Å². The summed E-state index contributed by atoms with van der Waals surface area (Å²) in [6.45, 7) is 0.230. The van der Waals surface area contributed by atoms with Crippen LogP contribution in [0.1, 0.15) is 42.4 Å². The Morgan fingerprint density at radius 3 is 1.65 bits per heavy atom. The van der Waals surface area contributed by atoms with Crippen molar-refractivity contribution in [3.05, 3.63) is 108 Å². The van der Waals surface area contributed by atoms with Gasteiger partial charge in [-0.15, -0.1) is 0 Å². The van der Waals surface area contributed by atoms with Gasteiger partial charge in [-0.2, -0.15) is 0 Å². The number of likely N-dealkylation sites (tertiary alicyclic amines) is 1. The Balaban J connectivity index is 1.53. The van der Waals surface area contributed by atoms with Crippen LogP contribution in [0, 0.1) is 0 Å². The van der Waals surface area contributed by atoms with Crippen molar-refractivity contribution < 1.29 is 39.0 Å². The molecular weight excluding hydrogens is 616 g/mol. The third-order valence-electron chi connectivity index (χ3n) is 8.13. The third-order valence-corrected chi connectivity index (χ3v) is 8.13. The van der Waals surface area contributed by atoms with Crippen LogP contribution < -0.4 is 16.0 Å². The fourth-order valence-electron chi connectivity index (χ4n) is 5.69. The molecule has 5 N–H and O–H groups in total. The highest BCUT2D eigenvalue weighted by Crippen LogP contribution is 2.21. The Morgan fingerprint density at radius 2 is 1.15 bits per heavy atom. The largest absolute Gasteiger partial charge is 0.481 e. The van der Waals surface area contributed by atoms with Gasteiger partial charge in [0.05, 0.1) is 6.42 Å². The van der Waals surface area contributed by atoms with Gasteiger partial charge in [0.2, 0.25) is 23.6 Å². The summed E-state index contributed by atoms with van der Waals surface area (Å²) in [5.74, 6) is -4.74. The minimum Gasteiger partial charge on any atom is -0.481 e. The van der Waals surface area contributed by atoms with E-state index in [0.717, 1.165) is 16.7 Å². The second-order valence-corrected chi connectivity index (χ2v) is 11.7. The van der Waals surface area contributed by atoms with Crippen LogP contribution >= 0.6 is 0 Å². The van der Waals surface area contributed by atoms with E-state index in [1.54, 1.807) is 72.8 Å². The predicted octanol–water partition coefficient (Wildman–Crippen LogP) is 2.11. The lowest BCUT2D eigenvalue weighted by molar-refractivity contribution is -0.145. The molecule has 0 spiro atoms. The quantitative estimate of drug-likeness (QED) is 0.155. The summed E-state index contributed by atoms with van der Waals surface area (Å²) in [5.41, 5.74) is 2.22. The highest BCUT2D eigenvalue weighted by atomic mass is 16.4. The highest BCUT2D eigenvalue weighted by Gasteiger charge is 2.39. The fourth-order valence-corrected chi connectivity index (χ4v) is 5.69. The first-order valence-electron chi connectivity index (χ1n) is 15.9. The summed E-state index contributed by atoms with van der Waals surface area (Å²) in [6.07, 6.45) is 0.327. The zero-order valence-electron chi connectivity index (χ0n) is 26.4. The van der Waals surface area contributed by atoms with E-state index in [9.17, 15) is 33.9 Å². The molecule has 1 fully saturated rings. The Bertz CT molecular complexity index is 1570. The summed E-state index contributed by atoms with van der Waals surface area (Å²) >= 11 is 0. The fraction of sp³-hybridized carbons (Fsp3) is 0.333. The number of hydrogen-bond donors (Lipinski definition) is 5.